The van der Waals surface area contributed by atoms with Gasteiger partial charge in [0.05, 0.1) is 24.5 Å². The molecule has 2 N–H and O–H groups in total. The Labute approximate surface area is 192 Å². The number of carbonyl (C=O) groups is 1. The Balaban J connectivity index is 1.81. The molecule has 0 aliphatic heterocycles. The van der Waals surface area contributed by atoms with Crippen molar-refractivity contribution in [2.45, 2.75) is 25.9 Å². The number of halogens is 1. The molecule has 1 unspecified atom stereocenters. The summed E-state index contributed by atoms with van der Waals surface area (Å²) < 4.78 is 2.16. The van der Waals surface area contributed by atoms with Gasteiger partial charge in [0.25, 0.3) is 0 Å². The molecule has 0 amide bonds. The van der Waals surface area contributed by atoms with Gasteiger partial charge >= 0.3 is 17.3 Å². The predicted octanol–water partition coefficient (Wildman–Crippen LogP) is 3.43. The summed E-state index contributed by atoms with van der Waals surface area (Å²) in [6.07, 6.45) is 1.31. The molecule has 0 aliphatic rings. The smallest absolute Gasteiger partial charge is 0.355 e. The molecule has 0 spiro atoms. The van der Waals surface area contributed by atoms with Crippen molar-refractivity contribution in [3.8, 4) is 0 Å². The molecule has 0 saturated carbocycles. The van der Waals surface area contributed by atoms with Crippen molar-refractivity contribution in [3.63, 3.8) is 0 Å². The Morgan fingerprint density at radius 3 is 2.64 bits per heavy atom. The van der Waals surface area contributed by atoms with Gasteiger partial charge in [0.2, 0.25) is 5.95 Å². The molecule has 4 aromatic rings. The molecule has 33 heavy (non-hydrogen) atoms. The molecule has 168 valence electrons. The summed E-state index contributed by atoms with van der Waals surface area (Å²) in [6, 6.07) is 15.2. The molecule has 0 radical (unpaired) electrons. The fourth-order valence-corrected chi connectivity index (χ4v) is 3.65. The number of nitrogens with zero attached hydrogens (tertiary/aromatic N) is 4. The van der Waals surface area contributed by atoms with Gasteiger partial charge in [-0.2, -0.15) is 4.98 Å². The number of rotatable bonds is 7. The first-order chi connectivity index (χ1) is 15.8. The highest BCUT2D eigenvalue weighted by atomic mass is 35.5. The van der Waals surface area contributed by atoms with E-state index in [4.69, 9.17) is 16.7 Å². The van der Waals surface area contributed by atoms with Crippen LogP contribution in [0.15, 0.2) is 70.4 Å². The van der Waals surface area contributed by atoms with Gasteiger partial charge < -0.3 is 10.4 Å². The quantitative estimate of drug-likeness (QED) is 0.429. The Hall–Kier alpha value is -3.98. The number of aromatic nitrogens is 4. The van der Waals surface area contributed by atoms with Crippen LogP contribution in [0.4, 0.5) is 11.6 Å². The van der Waals surface area contributed by atoms with Gasteiger partial charge in [-0.15, -0.1) is 0 Å². The molecule has 2 aromatic heterocycles. The number of carboxylic acid groups (broad SMARTS) is 1. The molecule has 0 bridgehead atoms. The van der Waals surface area contributed by atoms with Gasteiger partial charge in [-0.3, -0.25) is 14.3 Å². The number of anilines is 2. The van der Waals surface area contributed by atoms with Crippen LogP contribution in [0.2, 0.25) is 5.02 Å². The summed E-state index contributed by atoms with van der Waals surface area (Å²) in [7, 11) is 0. The standard InChI is InChI=1S/C23H20ClN5O4/c1-14(11-20(30)31)29-22(32)27-21(26-18-8-9-19-16(12-18)3-2-10-25-19)28(23(29)33)13-15-4-6-17(24)7-5-15/h2-10,12,14H,11,13H2,1H3,(H,30,31)(H,26,27,32). The molecule has 1 atom stereocenters. The van der Waals surface area contributed by atoms with Crippen LogP contribution in [0, 0.1) is 0 Å². The maximum absolute atomic E-state index is 13.3. The second-order valence-electron chi connectivity index (χ2n) is 7.57. The predicted molar refractivity (Wildman–Crippen MR) is 125 cm³/mol. The van der Waals surface area contributed by atoms with Crippen LogP contribution in [0.3, 0.4) is 0 Å². The lowest BCUT2D eigenvalue weighted by molar-refractivity contribution is -0.137. The van der Waals surface area contributed by atoms with E-state index in [0.29, 0.717) is 10.7 Å². The number of hydrogen-bond donors (Lipinski definition) is 2. The second-order valence-corrected chi connectivity index (χ2v) is 8.00. The van der Waals surface area contributed by atoms with Crippen molar-refractivity contribution in [1.29, 1.82) is 0 Å². The highest BCUT2D eigenvalue weighted by Gasteiger charge is 2.20. The first-order valence-corrected chi connectivity index (χ1v) is 10.5. The van der Waals surface area contributed by atoms with Crippen molar-refractivity contribution < 1.29 is 9.90 Å². The molecule has 4 rings (SSSR count). The third kappa shape index (κ3) is 4.93. The Morgan fingerprint density at radius 2 is 1.91 bits per heavy atom. The van der Waals surface area contributed by atoms with Crippen molar-refractivity contribution in [2.24, 2.45) is 0 Å². The third-order valence-electron chi connectivity index (χ3n) is 5.12. The maximum Gasteiger partial charge on any atom is 0.355 e. The summed E-state index contributed by atoms with van der Waals surface area (Å²) in [6.45, 7) is 1.59. The summed E-state index contributed by atoms with van der Waals surface area (Å²) in [5.74, 6) is -1.08. The van der Waals surface area contributed by atoms with Gasteiger partial charge in [0.1, 0.15) is 0 Å². The van der Waals surface area contributed by atoms with Crippen LogP contribution >= 0.6 is 11.6 Å². The van der Waals surface area contributed by atoms with Gasteiger partial charge in [-0.25, -0.2) is 14.2 Å². The van der Waals surface area contributed by atoms with E-state index in [1.165, 1.54) is 11.5 Å². The lowest BCUT2D eigenvalue weighted by Gasteiger charge is -2.18. The minimum absolute atomic E-state index is 0.0435. The van der Waals surface area contributed by atoms with E-state index >= 15 is 0 Å². The first-order valence-electron chi connectivity index (χ1n) is 10.1. The fourth-order valence-electron chi connectivity index (χ4n) is 3.52. The Morgan fingerprint density at radius 1 is 1.15 bits per heavy atom. The molecule has 0 fully saturated rings. The SMILES string of the molecule is CC(CC(=O)O)n1c(=O)nc(Nc2ccc3ncccc3c2)n(Cc2ccc(Cl)cc2)c1=O. The van der Waals surface area contributed by atoms with E-state index in [9.17, 15) is 14.4 Å². The Kier molecular flexibility index (Phi) is 6.23. The van der Waals surface area contributed by atoms with Gasteiger partial charge in [0.15, 0.2) is 0 Å². The van der Waals surface area contributed by atoms with Gasteiger partial charge in [-0.1, -0.05) is 29.8 Å². The zero-order chi connectivity index (χ0) is 23.5. The molecular weight excluding hydrogens is 446 g/mol. The average molecular weight is 466 g/mol. The molecule has 2 heterocycles. The number of fused-ring (bicyclic) bond motifs is 1. The lowest BCUT2D eigenvalue weighted by atomic mass is 10.2. The van der Waals surface area contributed by atoms with E-state index in [2.05, 4.69) is 15.3 Å². The molecule has 0 saturated heterocycles. The minimum Gasteiger partial charge on any atom is -0.481 e. The zero-order valence-corrected chi connectivity index (χ0v) is 18.4. The summed E-state index contributed by atoms with van der Waals surface area (Å²) in [5.41, 5.74) is 0.676. The highest BCUT2D eigenvalue weighted by Crippen LogP contribution is 2.20. The highest BCUT2D eigenvalue weighted by molar-refractivity contribution is 6.30. The van der Waals surface area contributed by atoms with Crippen molar-refractivity contribution >= 4 is 40.1 Å². The average Bonchev–Trinajstić information content (AvgIpc) is 2.77. The number of pyridine rings is 1. The van der Waals surface area contributed by atoms with Crippen LogP contribution in [-0.4, -0.2) is 30.2 Å². The number of carboxylic acids is 1. The summed E-state index contributed by atoms with van der Waals surface area (Å²) in [5, 5.41) is 13.6. The maximum atomic E-state index is 13.3. The largest absolute Gasteiger partial charge is 0.481 e. The second kappa shape index (κ2) is 9.25. The van der Waals surface area contributed by atoms with E-state index in [1.807, 2.05) is 24.3 Å². The van der Waals surface area contributed by atoms with E-state index in [-0.39, 0.29) is 18.9 Å². The molecular formula is C23H20ClN5O4. The van der Waals surface area contributed by atoms with Crippen LogP contribution < -0.4 is 16.7 Å². The monoisotopic (exact) mass is 465 g/mol. The minimum atomic E-state index is -1.12. The fraction of sp³-hybridized carbons (Fsp3) is 0.174. The third-order valence-corrected chi connectivity index (χ3v) is 5.38. The Bertz CT molecular complexity index is 1450. The first kappa shape index (κ1) is 22.2. The number of aliphatic carboxylic acids is 1. The van der Waals surface area contributed by atoms with Crippen LogP contribution in [0.5, 0.6) is 0 Å². The summed E-state index contributed by atoms with van der Waals surface area (Å²) in [4.78, 5) is 45.6. The normalized spacial score (nSPS) is 11.9. The zero-order valence-electron chi connectivity index (χ0n) is 17.6. The van der Waals surface area contributed by atoms with E-state index in [0.717, 1.165) is 21.0 Å². The molecule has 9 nitrogen and oxygen atoms in total. The van der Waals surface area contributed by atoms with Gasteiger partial charge in [0, 0.05) is 22.3 Å². The van der Waals surface area contributed by atoms with E-state index < -0.39 is 23.4 Å². The van der Waals surface area contributed by atoms with Gasteiger partial charge in [-0.05, 0) is 48.9 Å². The van der Waals surface area contributed by atoms with Crippen molar-refractivity contribution in [3.05, 3.63) is 92.3 Å². The molecule has 2 aromatic carbocycles. The number of nitrogens with one attached hydrogen (secondary N) is 1. The number of benzene rings is 2. The topological polar surface area (TPSA) is 119 Å². The molecule has 10 heteroatoms. The van der Waals surface area contributed by atoms with Crippen LogP contribution in [-0.2, 0) is 11.3 Å². The summed E-state index contributed by atoms with van der Waals surface area (Å²) >= 11 is 5.97. The lowest BCUT2D eigenvalue weighted by Crippen LogP contribution is -2.44. The molecule has 0 aliphatic carbocycles. The van der Waals surface area contributed by atoms with Crippen molar-refractivity contribution in [2.75, 3.05) is 5.32 Å². The van der Waals surface area contributed by atoms with E-state index in [1.54, 1.807) is 36.5 Å². The van der Waals surface area contributed by atoms with Crippen LogP contribution in [0.1, 0.15) is 24.9 Å². The number of hydrogen-bond acceptors (Lipinski definition) is 6. The van der Waals surface area contributed by atoms with Crippen LogP contribution in [0.25, 0.3) is 10.9 Å². The van der Waals surface area contributed by atoms with Crippen molar-refractivity contribution in [1.82, 2.24) is 19.1 Å².